The maximum Gasteiger partial charge on any atom is 0.163 e. The van der Waals surface area contributed by atoms with Crippen LogP contribution in [0.25, 0.3) is 0 Å². The molecule has 0 amide bonds. The number of hydrogen-bond donors (Lipinski definition) is 1. The van der Waals surface area contributed by atoms with Crippen LogP contribution in [0.1, 0.15) is 13.3 Å². The van der Waals surface area contributed by atoms with Crippen LogP contribution in [-0.4, -0.2) is 17.5 Å². The van der Waals surface area contributed by atoms with Crippen LogP contribution in [0.3, 0.4) is 0 Å². The van der Waals surface area contributed by atoms with Gasteiger partial charge in [-0.25, -0.2) is 0 Å². The molecule has 2 fully saturated rings. The summed E-state index contributed by atoms with van der Waals surface area (Å²) in [5.41, 5.74) is 2.25. The lowest BCUT2D eigenvalue weighted by Gasteiger charge is -2.70. The molecule has 0 heterocycles. The summed E-state index contributed by atoms with van der Waals surface area (Å²) in [4.78, 5) is 11.3. The summed E-state index contributed by atoms with van der Waals surface area (Å²) in [7, 11) is 0. The molecule has 11 heavy (non-hydrogen) atoms. The van der Waals surface area contributed by atoms with E-state index in [0.29, 0.717) is 17.6 Å². The van der Waals surface area contributed by atoms with Crippen LogP contribution >= 0.6 is 0 Å². The average Bonchev–Trinajstić information content (AvgIpc) is 2.03. The first-order valence-corrected chi connectivity index (χ1v) is 4.10. The van der Waals surface area contributed by atoms with Gasteiger partial charge in [-0.2, -0.15) is 0 Å². The van der Waals surface area contributed by atoms with Crippen molar-refractivity contribution in [3.8, 4) is 0 Å². The summed E-state index contributed by atoms with van der Waals surface area (Å²) in [6.45, 7) is 2.26. The summed E-state index contributed by atoms with van der Waals surface area (Å²) in [6, 6.07) is 0. The van der Waals surface area contributed by atoms with Crippen molar-refractivity contribution in [3.63, 3.8) is 0 Å². The predicted molar refractivity (Wildman–Crippen MR) is 38.8 cm³/mol. The minimum atomic E-state index is 0.105. The number of rotatable bonds is 1. The van der Waals surface area contributed by atoms with E-state index in [2.05, 4.69) is 6.92 Å². The van der Waals surface area contributed by atoms with Crippen molar-refractivity contribution in [2.75, 3.05) is 6.61 Å². The number of hydrogen-bond acceptors (Lipinski definition) is 2. The Hall–Kier alpha value is -0.630. The van der Waals surface area contributed by atoms with Gasteiger partial charge in [0.25, 0.3) is 0 Å². The maximum absolute atomic E-state index is 11.3. The number of allylic oxidation sites excluding steroid dienone is 1. The molecule has 3 atom stereocenters. The van der Waals surface area contributed by atoms with Gasteiger partial charge in [-0.05, 0) is 17.9 Å². The standard InChI is InChI=1S/C9H10O2/c1-9-5-2-6(9)8(11)7(9)4(5)3-10/h5-6,10H,2-3H2,1H3/t5-,6+,9?/m1/s1. The Labute approximate surface area is 64.9 Å². The van der Waals surface area contributed by atoms with Crippen molar-refractivity contribution < 1.29 is 9.90 Å². The van der Waals surface area contributed by atoms with Gasteiger partial charge in [0.15, 0.2) is 5.78 Å². The van der Waals surface area contributed by atoms with Gasteiger partial charge in [0.05, 0.1) is 6.61 Å². The molecule has 2 heteroatoms. The van der Waals surface area contributed by atoms with E-state index in [4.69, 9.17) is 5.11 Å². The highest BCUT2D eigenvalue weighted by Gasteiger charge is 2.74. The van der Waals surface area contributed by atoms with Crippen molar-refractivity contribution in [2.24, 2.45) is 17.3 Å². The van der Waals surface area contributed by atoms with Crippen molar-refractivity contribution in [3.05, 3.63) is 11.1 Å². The van der Waals surface area contributed by atoms with E-state index in [9.17, 15) is 4.79 Å². The van der Waals surface area contributed by atoms with E-state index in [-0.39, 0.29) is 12.0 Å². The summed E-state index contributed by atoms with van der Waals surface area (Å²) in [5.74, 6) is 1.21. The van der Waals surface area contributed by atoms with Crippen LogP contribution in [0.4, 0.5) is 0 Å². The predicted octanol–water partition coefficient (Wildman–Crippen LogP) is 0.514. The summed E-state index contributed by atoms with van der Waals surface area (Å²) < 4.78 is 0. The Morgan fingerprint density at radius 3 is 2.73 bits per heavy atom. The lowest BCUT2D eigenvalue weighted by molar-refractivity contribution is -0.158. The highest BCUT2D eigenvalue weighted by Crippen LogP contribution is 2.75. The molecule has 58 valence electrons. The molecule has 0 aromatic rings. The van der Waals surface area contributed by atoms with E-state index in [0.717, 1.165) is 17.6 Å². The Balaban J connectivity index is 2.15. The minimum Gasteiger partial charge on any atom is -0.392 e. The molecular formula is C9H10O2. The fraction of sp³-hybridized carbons (Fsp3) is 0.667. The molecule has 3 rings (SSSR count). The second-order valence-corrected chi connectivity index (χ2v) is 4.05. The third-order valence-electron chi connectivity index (χ3n) is 3.93. The lowest BCUT2D eigenvalue weighted by atomic mass is 9.31. The summed E-state index contributed by atoms with van der Waals surface area (Å²) >= 11 is 0. The van der Waals surface area contributed by atoms with E-state index < -0.39 is 0 Å². The number of Topliss-reactive ketones (excluding diaryl/α,β-unsaturated/α-hetero) is 1. The first kappa shape index (κ1) is 5.95. The van der Waals surface area contributed by atoms with E-state index in [1.807, 2.05) is 0 Å². The lowest BCUT2D eigenvalue weighted by Crippen LogP contribution is -2.70. The van der Waals surface area contributed by atoms with Crippen molar-refractivity contribution in [2.45, 2.75) is 13.3 Å². The summed E-state index contributed by atoms with van der Waals surface area (Å²) in [6.07, 6.45) is 1.01. The molecule has 0 aromatic carbocycles. The third kappa shape index (κ3) is 0.328. The molecule has 0 aromatic heterocycles. The molecule has 0 spiro atoms. The van der Waals surface area contributed by atoms with E-state index >= 15 is 0 Å². The minimum absolute atomic E-state index is 0.105. The first-order chi connectivity index (χ1) is 5.21. The van der Waals surface area contributed by atoms with Gasteiger partial charge in [-0.1, -0.05) is 6.92 Å². The molecule has 0 saturated heterocycles. The third-order valence-corrected chi connectivity index (χ3v) is 3.93. The van der Waals surface area contributed by atoms with Crippen molar-refractivity contribution in [1.29, 1.82) is 0 Å². The van der Waals surface area contributed by atoms with Crippen LogP contribution in [0.5, 0.6) is 0 Å². The second-order valence-electron chi connectivity index (χ2n) is 4.05. The van der Waals surface area contributed by atoms with Gasteiger partial charge >= 0.3 is 0 Å². The number of aliphatic hydroxyl groups is 1. The number of aliphatic hydroxyl groups excluding tert-OH is 1. The quantitative estimate of drug-likeness (QED) is 0.591. The van der Waals surface area contributed by atoms with Crippen LogP contribution in [0.15, 0.2) is 11.1 Å². The fourth-order valence-electron chi connectivity index (χ4n) is 3.19. The van der Waals surface area contributed by atoms with Gasteiger partial charge in [0.1, 0.15) is 0 Å². The highest BCUT2D eigenvalue weighted by atomic mass is 16.3. The fourth-order valence-corrected chi connectivity index (χ4v) is 3.19. The number of carbonyl (C=O) groups is 1. The molecular weight excluding hydrogens is 140 g/mol. The molecule has 0 aliphatic heterocycles. The number of ketones is 1. The Morgan fingerprint density at radius 1 is 1.64 bits per heavy atom. The first-order valence-electron chi connectivity index (χ1n) is 4.10. The van der Waals surface area contributed by atoms with Gasteiger partial charge in [-0.15, -0.1) is 0 Å². The Kier molecular flexibility index (Phi) is 0.710. The molecule has 2 saturated carbocycles. The molecule has 3 aliphatic carbocycles. The molecule has 3 aliphatic rings. The van der Waals surface area contributed by atoms with Crippen molar-refractivity contribution in [1.82, 2.24) is 0 Å². The van der Waals surface area contributed by atoms with Gasteiger partial charge in [0, 0.05) is 16.9 Å². The molecule has 0 radical (unpaired) electrons. The highest BCUT2D eigenvalue weighted by molar-refractivity contribution is 6.12. The normalized spacial score (nSPS) is 50.9. The van der Waals surface area contributed by atoms with Crippen LogP contribution in [-0.2, 0) is 4.79 Å². The largest absolute Gasteiger partial charge is 0.392 e. The van der Waals surface area contributed by atoms with Crippen LogP contribution in [0.2, 0.25) is 0 Å². The van der Waals surface area contributed by atoms with Crippen molar-refractivity contribution >= 4 is 5.78 Å². The molecule has 2 nitrogen and oxygen atoms in total. The monoisotopic (exact) mass is 150 g/mol. The zero-order valence-electron chi connectivity index (χ0n) is 6.42. The zero-order valence-corrected chi connectivity index (χ0v) is 6.42. The van der Waals surface area contributed by atoms with Gasteiger partial charge < -0.3 is 5.11 Å². The Morgan fingerprint density at radius 2 is 2.36 bits per heavy atom. The number of carbonyl (C=O) groups excluding carboxylic acids is 1. The average molecular weight is 150 g/mol. The van der Waals surface area contributed by atoms with Gasteiger partial charge in [0.2, 0.25) is 0 Å². The smallest absolute Gasteiger partial charge is 0.163 e. The topological polar surface area (TPSA) is 37.3 Å². The second kappa shape index (κ2) is 1.31. The Bertz CT molecular complexity index is 303. The van der Waals surface area contributed by atoms with Gasteiger partial charge in [-0.3, -0.25) is 4.79 Å². The molecule has 0 bridgehead atoms. The SMILES string of the molecule is CC12C3=C(CO)[C@H]1C[C@H]2C3=O. The molecule has 1 N–H and O–H groups in total. The van der Waals surface area contributed by atoms with Crippen LogP contribution < -0.4 is 0 Å². The molecule has 1 unspecified atom stereocenters. The van der Waals surface area contributed by atoms with Crippen LogP contribution in [0, 0.1) is 17.3 Å². The van der Waals surface area contributed by atoms with E-state index in [1.165, 1.54) is 0 Å². The maximum atomic E-state index is 11.3. The zero-order chi connectivity index (χ0) is 7.80. The van der Waals surface area contributed by atoms with E-state index in [1.54, 1.807) is 0 Å². The summed E-state index contributed by atoms with van der Waals surface area (Å²) in [5, 5.41) is 8.93.